The minimum absolute atomic E-state index is 0.165. The Labute approximate surface area is 125 Å². The average molecular weight is 286 g/mol. The van der Waals surface area contributed by atoms with Gasteiger partial charge in [0.15, 0.2) is 0 Å². The van der Waals surface area contributed by atoms with Gasteiger partial charge in [-0.2, -0.15) is 0 Å². The molecule has 1 aromatic carbocycles. The second-order valence-electron chi connectivity index (χ2n) is 6.45. The number of nitrogens with one attached hydrogen (secondary N) is 2. The lowest BCUT2D eigenvalue weighted by molar-refractivity contribution is -0.120. The van der Waals surface area contributed by atoms with Crippen LogP contribution in [0.25, 0.3) is 0 Å². The summed E-state index contributed by atoms with van der Waals surface area (Å²) in [5.41, 5.74) is 8.85. The van der Waals surface area contributed by atoms with Crippen LogP contribution in [0.2, 0.25) is 0 Å². The maximum absolute atomic E-state index is 12.2. The number of hydrogen-bond acceptors (Lipinski definition) is 3. The summed E-state index contributed by atoms with van der Waals surface area (Å²) in [5, 5.41) is 0. The molecule has 1 amide bonds. The number of allylic oxidation sites excluding steroid dienone is 2. The fourth-order valence-corrected chi connectivity index (χ4v) is 2.71. The molecule has 0 aromatic heterocycles. The molecule has 0 saturated carbocycles. The summed E-state index contributed by atoms with van der Waals surface area (Å²) in [6.07, 6.45) is 2.90. The molecule has 1 aliphatic carbocycles. The Morgan fingerprint density at radius 3 is 2.57 bits per heavy atom. The van der Waals surface area contributed by atoms with Crippen molar-refractivity contribution in [2.75, 3.05) is 0 Å². The molecule has 4 nitrogen and oxygen atoms in total. The van der Waals surface area contributed by atoms with Crippen LogP contribution < -0.4 is 10.9 Å². The van der Waals surface area contributed by atoms with Crippen molar-refractivity contribution in [3.63, 3.8) is 0 Å². The van der Waals surface area contributed by atoms with Gasteiger partial charge in [-0.05, 0) is 30.9 Å². The lowest BCUT2D eigenvalue weighted by Crippen LogP contribution is -2.39. The third-order valence-corrected chi connectivity index (χ3v) is 3.57. The van der Waals surface area contributed by atoms with Crippen molar-refractivity contribution in [1.82, 2.24) is 10.9 Å². The largest absolute Gasteiger partial charge is 0.302 e. The number of hydrazine groups is 1. The van der Waals surface area contributed by atoms with Crippen LogP contribution in [-0.2, 0) is 4.79 Å². The molecular weight excluding hydrogens is 264 g/mol. The summed E-state index contributed by atoms with van der Waals surface area (Å²) in [4.78, 5) is 23.9. The van der Waals surface area contributed by atoms with Crippen molar-refractivity contribution in [3.05, 3.63) is 46.7 Å². The Hall–Kier alpha value is -2.10. The average Bonchev–Trinajstić information content (AvgIpc) is 2.33. The monoisotopic (exact) mass is 286 g/mol. The van der Waals surface area contributed by atoms with Crippen molar-refractivity contribution >= 4 is 11.7 Å². The molecule has 0 bridgehead atoms. The van der Waals surface area contributed by atoms with Crippen LogP contribution >= 0.6 is 0 Å². The van der Waals surface area contributed by atoms with Gasteiger partial charge in [0.2, 0.25) is 0 Å². The van der Waals surface area contributed by atoms with E-state index in [0.717, 1.165) is 16.8 Å². The van der Waals surface area contributed by atoms with Crippen molar-refractivity contribution in [2.45, 2.75) is 40.5 Å². The molecule has 0 saturated heterocycles. The number of benzene rings is 1. The molecule has 21 heavy (non-hydrogen) atoms. The fraction of sp³-hybridized carbons (Fsp3) is 0.412. The molecule has 0 atom stereocenters. The third kappa shape index (κ3) is 3.94. The summed E-state index contributed by atoms with van der Waals surface area (Å²) >= 11 is 0. The highest BCUT2D eigenvalue weighted by atomic mass is 16.2. The number of Topliss-reactive ketones (excluding diaryl/α,β-unsaturated/α-hetero) is 1. The van der Waals surface area contributed by atoms with E-state index in [9.17, 15) is 9.59 Å². The zero-order valence-electron chi connectivity index (χ0n) is 13.0. The van der Waals surface area contributed by atoms with Gasteiger partial charge in [-0.1, -0.05) is 37.6 Å². The topological polar surface area (TPSA) is 58.2 Å². The van der Waals surface area contributed by atoms with Crippen LogP contribution in [0.1, 0.15) is 48.2 Å². The van der Waals surface area contributed by atoms with E-state index in [4.69, 9.17) is 0 Å². The van der Waals surface area contributed by atoms with E-state index in [0.29, 0.717) is 18.4 Å². The molecule has 112 valence electrons. The van der Waals surface area contributed by atoms with E-state index < -0.39 is 0 Å². The van der Waals surface area contributed by atoms with Gasteiger partial charge in [0, 0.05) is 24.1 Å². The summed E-state index contributed by atoms with van der Waals surface area (Å²) in [7, 11) is 0. The molecule has 2 rings (SSSR count). The van der Waals surface area contributed by atoms with Gasteiger partial charge < -0.3 is 5.43 Å². The number of carbonyl (C=O) groups excluding carboxylic acids is 2. The Morgan fingerprint density at radius 2 is 1.95 bits per heavy atom. The number of amides is 1. The van der Waals surface area contributed by atoms with Gasteiger partial charge in [-0.15, -0.1) is 0 Å². The Balaban J connectivity index is 2.04. The van der Waals surface area contributed by atoms with E-state index in [1.54, 1.807) is 0 Å². The van der Waals surface area contributed by atoms with E-state index in [-0.39, 0.29) is 17.1 Å². The van der Waals surface area contributed by atoms with E-state index >= 15 is 0 Å². The highest BCUT2D eigenvalue weighted by molar-refractivity contribution is 5.95. The van der Waals surface area contributed by atoms with Gasteiger partial charge >= 0.3 is 0 Å². The van der Waals surface area contributed by atoms with Crippen molar-refractivity contribution in [1.29, 1.82) is 0 Å². The van der Waals surface area contributed by atoms with Gasteiger partial charge in [0.05, 0.1) is 0 Å². The highest BCUT2D eigenvalue weighted by Gasteiger charge is 2.26. The standard InChI is InChI=1S/C17H22N2O2/c1-11-5-6-15(12(2)7-11)16(21)19-18-13-8-14(20)10-17(3,4)9-13/h5-7,9,18H,8,10H2,1-4H3,(H,19,21). The Kier molecular flexibility index (Phi) is 4.16. The molecular formula is C17H22N2O2. The zero-order valence-corrected chi connectivity index (χ0v) is 13.0. The predicted molar refractivity (Wildman–Crippen MR) is 82.6 cm³/mol. The summed E-state index contributed by atoms with van der Waals surface area (Å²) < 4.78 is 0. The van der Waals surface area contributed by atoms with Gasteiger partial charge in [0.1, 0.15) is 5.78 Å². The molecule has 0 aliphatic heterocycles. The molecule has 1 aliphatic rings. The highest BCUT2D eigenvalue weighted by Crippen LogP contribution is 2.29. The molecule has 0 spiro atoms. The third-order valence-electron chi connectivity index (χ3n) is 3.57. The molecule has 0 fully saturated rings. The number of hydrogen-bond donors (Lipinski definition) is 2. The van der Waals surface area contributed by atoms with Crippen LogP contribution in [0.4, 0.5) is 0 Å². The predicted octanol–water partition coefficient (Wildman–Crippen LogP) is 2.81. The SMILES string of the molecule is Cc1ccc(C(=O)NNC2=CC(C)(C)CC(=O)C2)c(C)c1. The lowest BCUT2D eigenvalue weighted by atomic mass is 9.81. The minimum atomic E-state index is -0.191. The zero-order chi connectivity index (χ0) is 15.6. The van der Waals surface area contributed by atoms with Crippen LogP contribution in [0.3, 0.4) is 0 Å². The summed E-state index contributed by atoms with van der Waals surface area (Å²) in [6.45, 7) is 7.93. The van der Waals surface area contributed by atoms with Gasteiger partial charge in [-0.3, -0.25) is 15.0 Å². The molecule has 2 N–H and O–H groups in total. The smallest absolute Gasteiger partial charge is 0.269 e. The van der Waals surface area contributed by atoms with Crippen molar-refractivity contribution in [2.24, 2.45) is 5.41 Å². The Bertz CT molecular complexity index is 615. The van der Waals surface area contributed by atoms with Crippen molar-refractivity contribution < 1.29 is 9.59 Å². The first kappa shape index (κ1) is 15.3. The first-order valence-corrected chi connectivity index (χ1v) is 7.14. The number of ketones is 1. The number of rotatable bonds is 3. The molecule has 1 aromatic rings. The Morgan fingerprint density at radius 1 is 1.24 bits per heavy atom. The van der Waals surface area contributed by atoms with Crippen molar-refractivity contribution in [3.8, 4) is 0 Å². The molecule has 0 radical (unpaired) electrons. The van der Waals surface area contributed by atoms with Crippen LogP contribution in [0, 0.1) is 19.3 Å². The fourth-order valence-electron chi connectivity index (χ4n) is 2.71. The van der Waals surface area contributed by atoms with Gasteiger partial charge in [0.25, 0.3) is 5.91 Å². The van der Waals surface area contributed by atoms with Crippen LogP contribution in [0.15, 0.2) is 30.0 Å². The lowest BCUT2D eigenvalue weighted by Gasteiger charge is -2.27. The summed E-state index contributed by atoms with van der Waals surface area (Å²) in [5.74, 6) is -0.00464. The first-order valence-electron chi connectivity index (χ1n) is 7.14. The van der Waals surface area contributed by atoms with Crippen LogP contribution in [0.5, 0.6) is 0 Å². The first-order chi connectivity index (χ1) is 9.77. The normalized spacial score (nSPS) is 17.1. The summed E-state index contributed by atoms with van der Waals surface area (Å²) in [6, 6.07) is 5.70. The van der Waals surface area contributed by atoms with E-state index in [1.807, 2.05) is 52.0 Å². The van der Waals surface area contributed by atoms with Crippen LogP contribution in [-0.4, -0.2) is 11.7 Å². The van der Waals surface area contributed by atoms with E-state index in [2.05, 4.69) is 10.9 Å². The number of aryl methyl sites for hydroxylation is 2. The maximum Gasteiger partial charge on any atom is 0.269 e. The van der Waals surface area contributed by atoms with Gasteiger partial charge in [-0.25, -0.2) is 0 Å². The minimum Gasteiger partial charge on any atom is -0.302 e. The second-order valence-corrected chi connectivity index (χ2v) is 6.45. The second kappa shape index (κ2) is 5.72. The quantitative estimate of drug-likeness (QED) is 0.840. The maximum atomic E-state index is 12.2. The molecule has 0 unspecified atom stereocenters. The molecule has 4 heteroatoms. The van der Waals surface area contributed by atoms with E-state index in [1.165, 1.54) is 0 Å². The number of carbonyl (C=O) groups is 2. The molecule has 0 heterocycles.